The second-order valence-corrected chi connectivity index (χ2v) is 16.8. The minimum atomic E-state index is 0. The molecule has 42 heavy (non-hydrogen) atoms. The zero-order valence-corrected chi connectivity index (χ0v) is 32.5. The van der Waals surface area contributed by atoms with Gasteiger partial charge < -0.3 is 24.8 Å². The van der Waals surface area contributed by atoms with Crippen LogP contribution in [0.2, 0.25) is 0 Å². The van der Waals surface area contributed by atoms with Crippen molar-refractivity contribution in [3.8, 4) is 11.1 Å². The molecule has 3 aliphatic rings. The molecule has 0 aliphatic heterocycles. The Balaban J connectivity index is 0.00000205. The molecular formula is C39H54Cl2Zr. The molecule has 0 saturated heterocycles. The van der Waals surface area contributed by atoms with Gasteiger partial charge in [0, 0.05) is 11.3 Å². The molecule has 0 bridgehead atoms. The number of hydrogen-bond acceptors (Lipinski definition) is 0. The minimum Gasteiger partial charge on any atom is -1.00 e. The van der Waals surface area contributed by atoms with E-state index in [1.807, 2.05) is 0 Å². The molecule has 2 aromatic carbocycles. The molecular weight excluding hydrogens is 631 g/mol. The summed E-state index contributed by atoms with van der Waals surface area (Å²) in [7, 11) is 0. The van der Waals surface area contributed by atoms with Crippen LogP contribution in [0.5, 0.6) is 0 Å². The predicted octanol–water partition coefficient (Wildman–Crippen LogP) is 5.39. The van der Waals surface area contributed by atoms with Gasteiger partial charge in [-0.25, -0.2) is 0 Å². The monoisotopic (exact) mass is 682 g/mol. The first kappa shape index (κ1) is 37.6. The molecule has 0 saturated carbocycles. The Bertz CT molecular complexity index is 1310. The molecule has 0 amide bonds. The molecule has 2 aromatic rings. The van der Waals surface area contributed by atoms with Crippen molar-refractivity contribution >= 4 is 0 Å². The molecule has 0 heterocycles. The number of rotatable bonds is 3. The van der Waals surface area contributed by atoms with Crippen LogP contribution in [0.3, 0.4) is 0 Å². The zero-order valence-electron chi connectivity index (χ0n) is 28.5. The van der Waals surface area contributed by atoms with Gasteiger partial charge in [-0.2, -0.15) is 0 Å². The molecule has 2 atom stereocenters. The van der Waals surface area contributed by atoms with E-state index in [4.69, 9.17) is 0 Å². The first-order chi connectivity index (χ1) is 17.9. The molecule has 3 heteroatoms. The Morgan fingerprint density at radius 3 is 1.50 bits per heavy atom. The molecule has 0 N–H and O–H groups in total. The van der Waals surface area contributed by atoms with E-state index >= 15 is 0 Å². The normalized spacial score (nSPS) is 21.9. The van der Waals surface area contributed by atoms with Crippen LogP contribution in [0.1, 0.15) is 131 Å². The number of benzene rings is 2. The van der Waals surface area contributed by atoms with E-state index < -0.39 is 0 Å². The Morgan fingerprint density at radius 2 is 1.14 bits per heavy atom. The molecule has 0 aromatic heterocycles. The summed E-state index contributed by atoms with van der Waals surface area (Å²) in [6, 6.07) is 15.0. The van der Waals surface area contributed by atoms with Gasteiger partial charge in [0.1, 0.15) is 0 Å². The van der Waals surface area contributed by atoms with E-state index in [1.54, 1.807) is 27.8 Å². The molecule has 2 unspecified atom stereocenters. The van der Waals surface area contributed by atoms with Crippen LogP contribution in [0.15, 0.2) is 59.2 Å². The largest absolute Gasteiger partial charge is 2.00 e. The second-order valence-electron chi connectivity index (χ2n) is 16.8. The maximum atomic E-state index is 2.68. The summed E-state index contributed by atoms with van der Waals surface area (Å²) in [5, 5.41) is 0. The third-order valence-corrected chi connectivity index (χ3v) is 10.6. The fourth-order valence-electron chi connectivity index (χ4n) is 7.99. The Hall–Kier alpha value is -0.617. The van der Waals surface area contributed by atoms with Crippen molar-refractivity contribution in [2.75, 3.05) is 0 Å². The van der Waals surface area contributed by atoms with E-state index in [1.165, 1.54) is 35.1 Å². The van der Waals surface area contributed by atoms with Crippen molar-refractivity contribution in [1.82, 2.24) is 0 Å². The van der Waals surface area contributed by atoms with Gasteiger partial charge in [-0.3, -0.25) is 0 Å². The van der Waals surface area contributed by atoms with E-state index in [9.17, 15) is 0 Å². The van der Waals surface area contributed by atoms with E-state index in [0.29, 0.717) is 23.7 Å². The van der Waals surface area contributed by atoms with Gasteiger partial charge in [0.15, 0.2) is 0 Å². The van der Waals surface area contributed by atoms with Crippen molar-refractivity contribution in [3.05, 3.63) is 81.4 Å². The van der Waals surface area contributed by atoms with Crippen molar-refractivity contribution in [1.29, 1.82) is 0 Å². The molecule has 3 aliphatic carbocycles. The van der Waals surface area contributed by atoms with Crippen LogP contribution in [-0.4, -0.2) is 0 Å². The maximum absolute atomic E-state index is 2.68. The predicted molar refractivity (Wildman–Crippen MR) is 171 cm³/mol. The summed E-state index contributed by atoms with van der Waals surface area (Å²) in [5.74, 6) is 2.27. The summed E-state index contributed by atoms with van der Waals surface area (Å²) >= 11 is 0. The molecule has 0 nitrogen and oxygen atoms in total. The first-order valence-corrected chi connectivity index (χ1v) is 15.6. The fraction of sp³-hybridized carbons (Fsp3) is 0.590. The second kappa shape index (κ2) is 12.3. The summed E-state index contributed by atoms with van der Waals surface area (Å²) in [6.07, 6.45) is 5.13. The average Bonchev–Trinajstić information content (AvgIpc) is 3.46. The van der Waals surface area contributed by atoms with E-state index in [2.05, 4.69) is 132 Å². The van der Waals surface area contributed by atoms with Crippen molar-refractivity contribution < 1.29 is 51.0 Å². The number of fused-ring (bicyclic) bond motifs is 3. The zero-order chi connectivity index (χ0) is 28.9. The van der Waals surface area contributed by atoms with Crippen LogP contribution < -0.4 is 24.8 Å². The quantitative estimate of drug-likeness (QED) is 0.407. The Labute approximate surface area is 289 Å². The Kier molecular flexibility index (Phi) is 11.0. The molecule has 0 fully saturated rings. The van der Waals surface area contributed by atoms with Crippen LogP contribution in [0, 0.1) is 28.6 Å². The summed E-state index contributed by atoms with van der Waals surface area (Å²) < 4.78 is 0. The van der Waals surface area contributed by atoms with Gasteiger partial charge >= 0.3 is 26.2 Å². The van der Waals surface area contributed by atoms with Gasteiger partial charge in [-0.1, -0.05) is 144 Å². The first-order valence-electron chi connectivity index (χ1n) is 15.6. The summed E-state index contributed by atoms with van der Waals surface area (Å²) in [6.45, 7) is 31.3. The summed E-state index contributed by atoms with van der Waals surface area (Å²) in [4.78, 5) is 0. The van der Waals surface area contributed by atoms with Crippen LogP contribution in [-0.2, 0) is 37.0 Å². The minimum absolute atomic E-state index is 0. The van der Waals surface area contributed by atoms with Crippen LogP contribution in [0.4, 0.5) is 0 Å². The molecule has 228 valence electrons. The standard InChI is InChI=1S/C39H54.2ClH.Zr/c1-23(2)33-22-39(24(3)4,34-21-27(20-32(33)34)38(11,12)13)35-28-16-14-25(36(5,6)7)18-30(28)31-19-26(37(8,9)10)15-17-29(31)35;;;/h14-19,21,23-24,33,35H,20,22H2,1-13H3;2*1H;/q;;;+2/p-2. The fourth-order valence-corrected chi connectivity index (χ4v) is 7.99. The van der Waals surface area contributed by atoms with Gasteiger partial charge in [-0.05, 0) is 85.8 Å². The summed E-state index contributed by atoms with van der Waals surface area (Å²) in [5.41, 5.74) is 14.7. The topological polar surface area (TPSA) is 0 Å². The van der Waals surface area contributed by atoms with E-state index in [-0.39, 0.29) is 72.7 Å². The maximum Gasteiger partial charge on any atom is 2.00 e. The number of halogens is 2. The van der Waals surface area contributed by atoms with Gasteiger partial charge in [-0.15, -0.1) is 0 Å². The van der Waals surface area contributed by atoms with Crippen molar-refractivity contribution in [3.63, 3.8) is 0 Å². The smallest absolute Gasteiger partial charge is 1.00 e. The molecule has 0 radical (unpaired) electrons. The third kappa shape index (κ3) is 5.99. The Morgan fingerprint density at radius 1 is 0.690 bits per heavy atom. The molecule has 0 spiro atoms. The van der Waals surface area contributed by atoms with Crippen LogP contribution >= 0.6 is 0 Å². The van der Waals surface area contributed by atoms with Crippen molar-refractivity contribution in [2.24, 2.45) is 28.6 Å². The van der Waals surface area contributed by atoms with Gasteiger partial charge in [0.2, 0.25) is 0 Å². The van der Waals surface area contributed by atoms with Crippen molar-refractivity contribution in [2.45, 2.75) is 120 Å². The number of allylic oxidation sites excluding steroid dienone is 4. The third-order valence-electron chi connectivity index (χ3n) is 10.6. The van der Waals surface area contributed by atoms with Gasteiger partial charge in [0.05, 0.1) is 0 Å². The molecule has 5 rings (SSSR count). The van der Waals surface area contributed by atoms with Gasteiger partial charge in [0.25, 0.3) is 0 Å². The van der Waals surface area contributed by atoms with E-state index in [0.717, 1.165) is 0 Å². The number of hydrogen-bond donors (Lipinski definition) is 0. The average molecular weight is 685 g/mol. The van der Waals surface area contributed by atoms with Crippen LogP contribution in [0.25, 0.3) is 11.1 Å². The SMILES string of the molecule is CC(C)C1CC(C(C)C)(C2c3ccc(C(C)(C)C)cc3-c3cc(C(C)(C)C)ccc32)C2=C1CC(C(C)(C)C)=C2.[Cl-].[Cl-].[Zr+2].